The third-order valence-corrected chi connectivity index (χ3v) is 4.31. The third-order valence-electron chi connectivity index (χ3n) is 4.31. The average molecular weight is 394 g/mol. The molecule has 2 aromatic carbocycles. The smallest absolute Gasteiger partial charge is 0.242 e. The molecule has 1 heterocycles. The van der Waals surface area contributed by atoms with E-state index in [-0.39, 0.29) is 18.8 Å². The summed E-state index contributed by atoms with van der Waals surface area (Å²) in [6.45, 7) is 1.37. The van der Waals surface area contributed by atoms with Gasteiger partial charge in [0, 0.05) is 6.42 Å². The van der Waals surface area contributed by atoms with Crippen LogP contribution in [-0.2, 0) is 29.2 Å². The van der Waals surface area contributed by atoms with Gasteiger partial charge in [-0.15, -0.1) is 10.2 Å². The Bertz CT molecular complexity index is 850. The van der Waals surface area contributed by atoms with Gasteiger partial charge in [-0.3, -0.25) is 4.79 Å². The van der Waals surface area contributed by atoms with Gasteiger partial charge in [-0.25, -0.2) is 0 Å². The van der Waals surface area contributed by atoms with Gasteiger partial charge in [-0.2, -0.15) is 0 Å². The average Bonchev–Trinajstić information content (AvgIpc) is 3.19. The first kappa shape index (κ1) is 20.7. The molecule has 0 N–H and O–H groups in total. The van der Waals surface area contributed by atoms with Crippen LogP contribution in [0.25, 0.3) is 0 Å². The van der Waals surface area contributed by atoms with E-state index in [1.165, 1.54) is 0 Å². The van der Waals surface area contributed by atoms with Crippen LogP contribution >= 0.6 is 0 Å². The summed E-state index contributed by atoms with van der Waals surface area (Å²) in [5.74, 6) is 1.72. The number of para-hydroxylation sites is 1. The highest BCUT2D eigenvalue weighted by Crippen LogP contribution is 2.11. The van der Waals surface area contributed by atoms with Gasteiger partial charge in [0.05, 0.1) is 19.6 Å². The zero-order valence-electron chi connectivity index (χ0n) is 16.5. The van der Waals surface area contributed by atoms with Crippen LogP contribution in [0, 0.1) is 0 Å². The van der Waals surface area contributed by atoms with E-state index in [1.54, 1.807) is 0 Å². The van der Waals surface area contributed by atoms with Gasteiger partial charge < -0.3 is 13.9 Å². The number of nitrogens with zero attached hydrogens (tertiary/aromatic N) is 2. The minimum absolute atomic E-state index is 0.106. The van der Waals surface area contributed by atoms with Crippen LogP contribution in [0.4, 0.5) is 0 Å². The monoisotopic (exact) mass is 394 g/mol. The van der Waals surface area contributed by atoms with Gasteiger partial charge in [0.15, 0.2) is 0 Å². The molecule has 0 aliphatic carbocycles. The van der Waals surface area contributed by atoms with Crippen LogP contribution < -0.4 is 4.74 Å². The first-order valence-corrected chi connectivity index (χ1v) is 9.92. The Labute approximate surface area is 170 Å². The first-order chi connectivity index (χ1) is 14.3. The highest BCUT2D eigenvalue weighted by Gasteiger charge is 2.11. The van der Waals surface area contributed by atoms with Crippen LogP contribution in [-0.4, -0.2) is 22.6 Å². The molecule has 3 rings (SSSR count). The molecule has 29 heavy (non-hydrogen) atoms. The van der Waals surface area contributed by atoms with Gasteiger partial charge in [-0.05, 0) is 37.0 Å². The Hall–Kier alpha value is -2.99. The molecular formula is C23H26N2O4. The first-order valence-electron chi connectivity index (χ1n) is 9.92. The number of aromatic nitrogens is 2. The Balaban J connectivity index is 1.26. The largest absolute Gasteiger partial charge is 0.494 e. The van der Waals surface area contributed by atoms with Crippen molar-refractivity contribution in [3.63, 3.8) is 0 Å². The normalized spacial score (nSPS) is 10.8. The molecule has 3 aromatic rings. The van der Waals surface area contributed by atoms with E-state index in [2.05, 4.69) is 10.2 Å². The maximum Gasteiger partial charge on any atom is 0.242 e. The van der Waals surface area contributed by atoms with Crippen LogP contribution in [0.2, 0.25) is 0 Å². The van der Waals surface area contributed by atoms with Crippen molar-refractivity contribution in [2.45, 2.75) is 45.3 Å². The molecule has 0 fully saturated rings. The standard InChI is InChI=1S/C23H26N2O4/c26-20(12-6-3-9-15-28-21-13-7-2-8-14-21)16-22-24-25-23(29-22)18-27-17-19-10-4-1-5-11-19/h1-2,4-5,7-8,10-11,13-14H,3,6,9,12,15-18H2. The Morgan fingerprint density at radius 2 is 1.55 bits per heavy atom. The maximum absolute atomic E-state index is 12.1. The summed E-state index contributed by atoms with van der Waals surface area (Å²) in [4.78, 5) is 12.1. The molecule has 0 amide bonds. The Morgan fingerprint density at radius 3 is 2.34 bits per heavy atom. The van der Waals surface area contributed by atoms with Gasteiger partial charge in [0.1, 0.15) is 18.1 Å². The number of hydrogen-bond acceptors (Lipinski definition) is 6. The van der Waals surface area contributed by atoms with Crippen molar-refractivity contribution in [1.82, 2.24) is 10.2 Å². The van der Waals surface area contributed by atoms with Crippen molar-refractivity contribution in [3.05, 3.63) is 78.0 Å². The van der Waals surface area contributed by atoms with Gasteiger partial charge in [0.25, 0.3) is 0 Å². The van der Waals surface area contributed by atoms with E-state index >= 15 is 0 Å². The van der Waals surface area contributed by atoms with Crippen LogP contribution in [0.15, 0.2) is 65.1 Å². The molecule has 0 radical (unpaired) electrons. The molecule has 152 valence electrons. The Morgan fingerprint density at radius 1 is 0.828 bits per heavy atom. The lowest BCUT2D eigenvalue weighted by Gasteiger charge is -2.05. The third kappa shape index (κ3) is 7.87. The zero-order chi connectivity index (χ0) is 20.2. The molecule has 1 aromatic heterocycles. The highest BCUT2D eigenvalue weighted by molar-refractivity contribution is 5.79. The van der Waals surface area contributed by atoms with Gasteiger partial charge >= 0.3 is 0 Å². The minimum atomic E-state index is 0.106. The molecule has 0 spiro atoms. The van der Waals surface area contributed by atoms with Crippen LogP contribution in [0.3, 0.4) is 0 Å². The predicted molar refractivity (Wildman–Crippen MR) is 108 cm³/mol. The number of carbonyl (C=O) groups is 1. The fourth-order valence-electron chi connectivity index (χ4n) is 2.81. The molecule has 0 aliphatic rings. The lowest BCUT2D eigenvalue weighted by molar-refractivity contribution is -0.118. The predicted octanol–water partition coefficient (Wildman–Crippen LogP) is 4.54. The van der Waals surface area contributed by atoms with Crippen molar-refractivity contribution in [1.29, 1.82) is 0 Å². The second-order valence-electron chi connectivity index (χ2n) is 6.76. The number of hydrogen-bond donors (Lipinski definition) is 0. The summed E-state index contributed by atoms with van der Waals surface area (Å²) < 4.78 is 16.7. The second kappa shape index (κ2) is 11.8. The summed E-state index contributed by atoms with van der Waals surface area (Å²) in [6.07, 6.45) is 3.38. The van der Waals surface area contributed by atoms with Crippen LogP contribution in [0.1, 0.15) is 43.0 Å². The van der Waals surface area contributed by atoms with Gasteiger partial charge in [0.2, 0.25) is 11.8 Å². The van der Waals surface area contributed by atoms with Crippen molar-refractivity contribution < 1.29 is 18.7 Å². The number of ketones is 1. The SMILES string of the molecule is O=C(CCCCCOc1ccccc1)Cc1nnc(COCc2ccccc2)o1. The van der Waals surface area contributed by atoms with E-state index in [9.17, 15) is 4.79 Å². The quantitative estimate of drug-likeness (QED) is 0.396. The van der Waals surface area contributed by atoms with Gasteiger partial charge in [-0.1, -0.05) is 48.5 Å². The lowest BCUT2D eigenvalue weighted by Crippen LogP contribution is -2.03. The van der Waals surface area contributed by atoms with Crippen LogP contribution in [0.5, 0.6) is 5.75 Å². The van der Waals surface area contributed by atoms with E-state index in [0.29, 0.717) is 31.4 Å². The summed E-state index contributed by atoms with van der Waals surface area (Å²) in [7, 11) is 0. The number of Topliss-reactive ketones (excluding diaryl/α,β-unsaturated/α-hetero) is 1. The molecule has 6 nitrogen and oxygen atoms in total. The van der Waals surface area contributed by atoms with Crippen molar-refractivity contribution >= 4 is 5.78 Å². The number of unbranched alkanes of at least 4 members (excludes halogenated alkanes) is 2. The molecule has 0 saturated heterocycles. The van der Waals surface area contributed by atoms with E-state index in [1.807, 2.05) is 60.7 Å². The van der Waals surface area contributed by atoms with E-state index in [0.717, 1.165) is 30.6 Å². The van der Waals surface area contributed by atoms with Crippen molar-refractivity contribution in [3.8, 4) is 5.75 Å². The molecule has 0 saturated carbocycles. The van der Waals surface area contributed by atoms with Crippen molar-refractivity contribution in [2.24, 2.45) is 0 Å². The number of benzene rings is 2. The molecular weight excluding hydrogens is 368 g/mol. The summed E-state index contributed by atoms with van der Waals surface area (Å²) in [5.41, 5.74) is 1.08. The fourth-order valence-corrected chi connectivity index (χ4v) is 2.81. The molecule has 0 unspecified atom stereocenters. The molecule has 0 aliphatic heterocycles. The molecule has 6 heteroatoms. The Kier molecular flexibility index (Phi) is 8.41. The summed E-state index contributed by atoms with van der Waals surface area (Å²) in [6, 6.07) is 19.6. The number of ether oxygens (including phenoxy) is 2. The molecule has 0 atom stereocenters. The lowest BCUT2D eigenvalue weighted by atomic mass is 10.1. The van der Waals surface area contributed by atoms with E-state index < -0.39 is 0 Å². The molecule has 0 bridgehead atoms. The topological polar surface area (TPSA) is 74.5 Å². The number of rotatable bonds is 13. The number of carbonyl (C=O) groups excluding carboxylic acids is 1. The second-order valence-corrected chi connectivity index (χ2v) is 6.76. The highest BCUT2D eigenvalue weighted by atomic mass is 16.5. The minimum Gasteiger partial charge on any atom is -0.494 e. The fraction of sp³-hybridized carbons (Fsp3) is 0.348. The maximum atomic E-state index is 12.1. The zero-order valence-corrected chi connectivity index (χ0v) is 16.5. The summed E-state index contributed by atoms with van der Waals surface area (Å²) in [5, 5.41) is 7.88. The van der Waals surface area contributed by atoms with E-state index in [4.69, 9.17) is 13.9 Å². The summed E-state index contributed by atoms with van der Waals surface area (Å²) >= 11 is 0. The van der Waals surface area contributed by atoms with Crippen molar-refractivity contribution in [2.75, 3.05) is 6.61 Å².